The molecule has 2 N–H and O–H groups in total. The van der Waals surface area contributed by atoms with E-state index in [0.717, 1.165) is 56.8 Å². The van der Waals surface area contributed by atoms with Gasteiger partial charge in [-0.25, -0.2) is 4.99 Å². The fraction of sp³-hybridized carbons (Fsp3) is 0.409. The van der Waals surface area contributed by atoms with Crippen molar-refractivity contribution in [3.05, 3.63) is 64.7 Å². The summed E-state index contributed by atoms with van der Waals surface area (Å²) >= 11 is 6.05. The number of guanidine groups is 1. The highest BCUT2D eigenvalue weighted by Gasteiger charge is 2.10. The first kappa shape index (κ1) is 23.8. The van der Waals surface area contributed by atoms with Crippen LogP contribution in [0.2, 0.25) is 5.02 Å². The molecule has 1 heterocycles. The Kier molecular flexibility index (Phi) is 10.6. The largest absolute Gasteiger partial charge is 0.378 e. The lowest BCUT2D eigenvalue weighted by Gasteiger charge is -2.28. The van der Waals surface area contributed by atoms with E-state index >= 15 is 0 Å². The van der Waals surface area contributed by atoms with Crippen LogP contribution in [0.3, 0.4) is 0 Å². The van der Waals surface area contributed by atoms with Gasteiger partial charge in [0.15, 0.2) is 5.96 Å². The second kappa shape index (κ2) is 12.9. The number of rotatable bonds is 7. The van der Waals surface area contributed by atoms with Crippen LogP contribution in [0.4, 0.5) is 5.69 Å². The van der Waals surface area contributed by atoms with Crippen molar-refractivity contribution in [2.75, 3.05) is 44.3 Å². The molecule has 0 atom stereocenters. The minimum absolute atomic E-state index is 0. The van der Waals surface area contributed by atoms with Crippen molar-refractivity contribution < 1.29 is 4.74 Å². The number of aliphatic imine (C=N–C) groups is 1. The second-order valence-corrected chi connectivity index (χ2v) is 7.20. The van der Waals surface area contributed by atoms with E-state index < -0.39 is 0 Å². The number of nitrogens with zero attached hydrogens (tertiary/aromatic N) is 2. The summed E-state index contributed by atoms with van der Waals surface area (Å²) in [6.07, 6.45) is 0.902. The third-order valence-electron chi connectivity index (χ3n) is 4.67. The van der Waals surface area contributed by atoms with Crippen LogP contribution in [0.15, 0.2) is 53.5 Å². The molecule has 0 aromatic heterocycles. The van der Waals surface area contributed by atoms with Gasteiger partial charge in [0, 0.05) is 36.9 Å². The summed E-state index contributed by atoms with van der Waals surface area (Å²) in [7, 11) is 0. The molecular weight excluding hydrogens is 499 g/mol. The van der Waals surface area contributed by atoms with Gasteiger partial charge in [-0.05, 0) is 48.7 Å². The molecule has 0 aliphatic carbocycles. The Morgan fingerprint density at radius 2 is 1.83 bits per heavy atom. The number of benzene rings is 2. The van der Waals surface area contributed by atoms with E-state index in [1.165, 1.54) is 16.8 Å². The summed E-state index contributed by atoms with van der Waals surface area (Å²) < 4.78 is 5.42. The lowest BCUT2D eigenvalue weighted by atomic mass is 10.1. The van der Waals surface area contributed by atoms with Gasteiger partial charge in [0.05, 0.1) is 19.8 Å². The molecule has 1 aliphatic heterocycles. The van der Waals surface area contributed by atoms with E-state index in [9.17, 15) is 0 Å². The lowest BCUT2D eigenvalue weighted by molar-refractivity contribution is 0.122. The van der Waals surface area contributed by atoms with E-state index in [0.29, 0.717) is 6.54 Å². The molecule has 1 fully saturated rings. The number of nitrogens with one attached hydrogen (secondary N) is 2. The van der Waals surface area contributed by atoms with Crippen molar-refractivity contribution in [2.24, 2.45) is 4.99 Å². The summed E-state index contributed by atoms with van der Waals surface area (Å²) in [5.41, 5.74) is 3.67. The Hall–Kier alpha value is -1.51. The molecule has 0 saturated carbocycles. The zero-order chi connectivity index (χ0) is 19.6. The number of morpholine rings is 1. The van der Waals surface area contributed by atoms with E-state index in [1.54, 1.807) is 0 Å². The zero-order valence-corrected chi connectivity index (χ0v) is 20.0. The SMILES string of the molecule is CCNC(=NCc1ccc(N2CCOCC2)cc1)NCCc1cccc(Cl)c1.I. The molecule has 158 valence electrons. The van der Waals surface area contributed by atoms with Gasteiger partial charge >= 0.3 is 0 Å². The normalized spacial score (nSPS) is 14.3. The van der Waals surface area contributed by atoms with Gasteiger partial charge in [-0.3, -0.25) is 0 Å². The first-order valence-corrected chi connectivity index (χ1v) is 10.3. The first-order chi connectivity index (χ1) is 13.7. The van der Waals surface area contributed by atoms with E-state index in [-0.39, 0.29) is 24.0 Å². The standard InChI is InChI=1S/C22H29ClN4O.HI/c1-2-24-22(25-11-10-18-4-3-5-20(23)16-18)26-17-19-6-8-21(9-7-19)27-12-14-28-15-13-27;/h3-9,16H,2,10-15,17H2,1H3,(H2,24,25,26);1H. The van der Waals surface area contributed by atoms with Gasteiger partial charge in [0.1, 0.15) is 0 Å². The highest BCUT2D eigenvalue weighted by molar-refractivity contribution is 14.0. The molecule has 0 spiro atoms. The predicted octanol–water partition coefficient (Wildman–Crippen LogP) is 4.09. The van der Waals surface area contributed by atoms with Crippen molar-refractivity contribution in [2.45, 2.75) is 19.9 Å². The fourth-order valence-electron chi connectivity index (χ4n) is 3.16. The number of hydrogen-bond acceptors (Lipinski definition) is 3. The Balaban J connectivity index is 0.00000300. The average Bonchev–Trinajstić information content (AvgIpc) is 2.73. The Morgan fingerprint density at radius 3 is 2.52 bits per heavy atom. The number of ether oxygens (including phenoxy) is 1. The Labute approximate surface area is 195 Å². The molecule has 3 rings (SSSR count). The molecule has 1 aliphatic rings. The molecule has 5 nitrogen and oxygen atoms in total. The molecular formula is C22H30ClIN4O. The van der Waals surface area contributed by atoms with Crippen LogP contribution in [-0.4, -0.2) is 45.4 Å². The second-order valence-electron chi connectivity index (χ2n) is 6.77. The molecule has 0 radical (unpaired) electrons. The van der Waals surface area contributed by atoms with Crippen molar-refractivity contribution in [3.63, 3.8) is 0 Å². The van der Waals surface area contributed by atoms with Gasteiger partial charge in [0.2, 0.25) is 0 Å². The summed E-state index contributed by atoms with van der Waals surface area (Å²) in [6, 6.07) is 16.6. The summed E-state index contributed by atoms with van der Waals surface area (Å²) in [4.78, 5) is 7.07. The molecule has 7 heteroatoms. The van der Waals surface area contributed by atoms with Crippen LogP contribution in [-0.2, 0) is 17.7 Å². The smallest absolute Gasteiger partial charge is 0.191 e. The highest BCUT2D eigenvalue weighted by Crippen LogP contribution is 2.17. The first-order valence-electron chi connectivity index (χ1n) is 9.93. The van der Waals surface area contributed by atoms with Crippen LogP contribution in [0.5, 0.6) is 0 Å². The highest BCUT2D eigenvalue weighted by atomic mass is 127. The molecule has 1 saturated heterocycles. The minimum atomic E-state index is 0. The van der Waals surface area contributed by atoms with Gasteiger partial charge in [-0.15, -0.1) is 24.0 Å². The van der Waals surface area contributed by atoms with Crippen LogP contribution in [0.1, 0.15) is 18.1 Å². The van der Waals surface area contributed by atoms with Crippen LogP contribution >= 0.6 is 35.6 Å². The molecule has 2 aromatic rings. The van der Waals surface area contributed by atoms with Crippen molar-refractivity contribution in [1.82, 2.24) is 10.6 Å². The fourth-order valence-corrected chi connectivity index (χ4v) is 3.38. The predicted molar refractivity (Wildman–Crippen MR) is 133 cm³/mol. The van der Waals surface area contributed by atoms with E-state index in [4.69, 9.17) is 21.3 Å². The van der Waals surface area contributed by atoms with Crippen molar-refractivity contribution in [3.8, 4) is 0 Å². The summed E-state index contributed by atoms with van der Waals surface area (Å²) in [5.74, 6) is 0.835. The van der Waals surface area contributed by atoms with Crippen LogP contribution in [0, 0.1) is 0 Å². The van der Waals surface area contributed by atoms with Gasteiger partial charge in [-0.1, -0.05) is 35.9 Å². The van der Waals surface area contributed by atoms with E-state index in [2.05, 4.69) is 52.8 Å². The Bertz CT molecular complexity index is 764. The lowest BCUT2D eigenvalue weighted by Crippen LogP contribution is -2.38. The molecule has 0 amide bonds. The zero-order valence-electron chi connectivity index (χ0n) is 16.9. The number of halogens is 2. The molecule has 0 bridgehead atoms. The molecule has 29 heavy (non-hydrogen) atoms. The van der Waals surface area contributed by atoms with Crippen LogP contribution < -0.4 is 15.5 Å². The summed E-state index contributed by atoms with van der Waals surface area (Å²) in [5, 5.41) is 7.48. The van der Waals surface area contributed by atoms with Gasteiger partial charge in [-0.2, -0.15) is 0 Å². The third kappa shape index (κ3) is 8.03. The summed E-state index contributed by atoms with van der Waals surface area (Å²) in [6.45, 7) is 7.89. The van der Waals surface area contributed by atoms with Crippen molar-refractivity contribution in [1.29, 1.82) is 0 Å². The average molecular weight is 529 g/mol. The molecule has 0 unspecified atom stereocenters. The maximum Gasteiger partial charge on any atom is 0.191 e. The quantitative estimate of drug-likeness (QED) is 0.323. The maximum atomic E-state index is 6.05. The number of anilines is 1. The van der Waals surface area contributed by atoms with E-state index in [1.807, 2.05) is 18.2 Å². The van der Waals surface area contributed by atoms with Crippen molar-refractivity contribution >= 4 is 47.2 Å². The topological polar surface area (TPSA) is 48.9 Å². The monoisotopic (exact) mass is 528 g/mol. The van der Waals surface area contributed by atoms with Gasteiger partial charge < -0.3 is 20.3 Å². The van der Waals surface area contributed by atoms with Crippen LogP contribution in [0.25, 0.3) is 0 Å². The van der Waals surface area contributed by atoms with Gasteiger partial charge in [0.25, 0.3) is 0 Å². The Morgan fingerprint density at radius 1 is 1.07 bits per heavy atom. The third-order valence-corrected chi connectivity index (χ3v) is 4.91. The maximum absolute atomic E-state index is 6.05. The number of hydrogen-bond donors (Lipinski definition) is 2. The minimum Gasteiger partial charge on any atom is -0.378 e. The molecule has 2 aromatic carbocycles.